The smallest absolute Gasteiger partial charge is 0.507 e. The van der Waals surface area contributed by atoms with Gasteiger partial charge in [-0.25, -0.2) is 4.79 Å². The number of phenols is 1. The van der Waals surface area contributed by atoms with Gasteiger partial charge in [-0.05, 0) is 0 Å². The van der Waals surface area contributed by atoms with E-state index in [4.69, 9.17) is 9.84 Å². The van der Waals surface area contributed by atoms with Crippen LogP contribution in [0.15, 0.2) is 48.5 Å². The number of hydrogen-bond acceptors (Lipinski definition) is 3. The maximum absolute atomic E-state index is 10.9. The van der Waals surface area contributed by atoms with Gasteiger partial charge in [0.05, 0.1) is 0 Å². The average Bonchev–Trinajstić information content (AvgIpc) is 2.43. The van der Waals surface area contributed by atoms with Gasteiger partial charge in [-0.2, -0.15) is 0 Å². The van der Waals surface area contributed by atoms with Crippen molar-refractivity contribution in [1.82, 2.24) is 0 Å². The van der Waals surface area contributed by atoms with Crippen LogP contribution < -0.4 is 4.74 Å². The van der Waals surface area contributed by atoms with Crippen molar-refractivity contribution in [2.24, 2.45) is 0 Å². The molecule has 0 radical (unpaired) electrons. The van der Waals surface area contributed by atoms with Crippen molar-refractivity contribution in [1.29, 1.82) is 0 Å². The number of carbonyl (C=O) groups is 1. The van der Waals surface area contributed by atoms with Gasteiger partial charge in [0.25, 0.3) is 0 Å². The number of carboxylic acid groups (broad SMARTS) is 1. The highest BCUT2D eigenvalue weighted by Gasteiger charge is 2.15. The van der Waals surface area contributed by atoms with Gasteiger partial charge in [-0.15, -0.1) is 0 Å². The van der Waals surface area contributed by atoms with Gasteiger partial charge < -0.3 is 14.9 Å². The summed E-state index contributed by atoms with van der Waals surface area (Å²) in [6.45, 7) is 0. The molecule has 0 bridgehead atoms. The van der Waals surface area contributed by atoms with Crippen LogP contribution in [0.2, 0.25) is 0 Å². The van der Waals surface area contributed by atoms with Crippen molar-refractivity contribution in [3.05, 3.63) is 48.5 Å². The molecule has 0 aliphatic rings. The van der Waals surface area contributed by atoms with Crippen LogP contribution in [0, 0.1) is 0 Å². The fraction of sp³-hybridized carbons (Fsp3) is 0. The first-order valence-corrected chi connectivity index (χ1v) is 5.71. The second-order valence-corrected chi connectivity index (χ2v) is 4.14. The molecule has 0 spiro atoms. The Kier molecular flexibility index (Phi) is 2.49. The fourth-order valence-corrected chi connectivity index (χ4v) is 2.26. The Morgan fingerprint density at radius 3 is 1.68 bits per heavy atom. The maximum atomic E-state index is 10.9. The molecule has 0 atom stereocenters. The van der Waals surface area contributed by atoms with Gasteiger partial charge >= 0.3 is 6.16 Å². The number of benzene rings is 3. The normalized spacial score (nSPS) is 10.7. The third-order valence-electron chi connectivity index (χ3n) is 3.04. The van der Waals surface area contributed by atoms with E-state index >= 15 is 0 Å². The summed E-state index contributed by atoms with van der Waals surface area (Å²) < 4.78 is 4.90. The number of ether oxygens (including phenoxy) is 1. The standard InChI is InChI=1S/C15H10O4/c16-13-9-5-1-3-7-11(9)14(19-15(17)18)12-8-4-2-6-10(12)13/h1-8,16H,(H,17,18). The molecule has 0 unspecified atom stereocenters. The number of rotatable bonds is 1. The molecule has 4 nitrogen and oxygen atoms in total. The van der Waals surface area contributed by atoms with E-state index in [2.05, 4.69) is 0 Å². The minimum atomic E-state index is -1.37. The molecule has 3 rings (SSSR count). The summed E-state index contributed by atoms with van der Waals surface area (Å²) >= 11 is 0. The van der Waals surface area contributed by atoms with Crippen LogP contribution in [0.5, 0.6) is 11.5 Å². The van der Waals surface area contributed by atoms with Crippen LogP contribution in [-0.2, 0) is 0 Å². The van der Waals surface area contributed by atoms with Crippen molar-refractivity contribution >= 4 is 27.7 Å². The van der Waals surface area contributed by atoms with Crippen LogP contribution in [0.1, 0.15) is 0 Å². The second kappa shape index (κ2) is 4.17. The van der Waals surface area contributed by atoms with Crippen LogP contribution in [-0.4, -0.2) is 16.4 Å². The molecule has 0 aromatic heterocycles. The van der Waals surface area contributed by atoms with E-state index in [1.807, 2.05) is 0 Å². The van der Waals surface area contributed by atoms with Gasteiger partial charge in [0.15, 0.2) is 0 Å². The van der Waals surface area contributed by atoms with Gasteiger partial charge in [0.1, 0.15) is 11.5 Å². The highest BCUT2D eigenvalue weighted by Crippen LogP contribution is 2.41. The molecule has 0 aliphatic heterocycles. The lowest BCUT2D eigenvalue weighted by Gasteiger charge is -2.11. The summed E-state index contributed by atoms with van der Waals surface area (Å²) in [6, 6.07) is 14.0. The first-order chi connectivity index (χ1) is 9.18. The van der Waals surface area contributed by atoms with E-state index in [1.54, 1.807) is 48.5 Å². The molecule has 0 heterocycles. The van der Waals surface area contributed by atoms with Crippen LogP contribution >= 0.6 is 0 Å². The van der Waals surface area contributed by atoms with Crippen LogP contribution in [0.4, 0.5) is 4.79 Å². The van der Waals surface area contributed by atoms with E-state index < -0.39 is 6.16 Å². The van der Waals surface area contributed by atoms with Crippen molar-refractivity contribution in [3.63, 3.8) is 0 Å². The molecule has 4 heteroatoms. The van der Waals surface area contributed by atoms with E-state index in [0.717, 1.165) is 0 Å². The van der Waals surface area contributed by atoms with Crippen LogP contribution in [0.25, 0.3) is 21.5 Å². The predicted molar refractivity (Wildman–Crippen MR) is 71.8 cm³/mol. The molecule has 0 aliphatic carbocycles. The van der Waals surface area contributed by atoms with Crippen molar-refractivity contribution in [2.45, 2.75) is 0 Å². The third kappa shape index (κ3) is 1.74. The SMILES string of the molecule is O=C(O)Oc1c2ccccc2c(O)c2ccccc12. The Labute approximate surface area is 108 Å². The summed E-state index contributed by atoms with van der Waals surface area (Å²) in [6.07, 6.45) is -1.37. The highest BCUT2D eigenvalue weighted by molar-refractivity contribution is 6.11. The number of aromatic hydroxyl groups is 1. The van der Waals surface area contributed by atoms with Gasteiger partial charge in [-0.3, -0.25) is 0 Å². The van der Waals surface area contributed by atoms with Gasteiger partial charge in [0.2, 0.25) is 0 Å². The molecular formula is C15H10O4. The lowest BCUT2D eigenvalue weighted by atomic mass is 10.0. The Morgan fingerprint density at radius 2 is 1.26 bits per heavy atom. The summed E-state index contributed by atoms with van der Waals surface area (Å²) in [4.78, 5) is 10.9. The lowest BCUT2D eigenvalue weighted by molar-refractivity contribution is 0.145. The average molecular weight is 254 g/mol. The molecule has 0 fully saturated rings. The Morgan fingerprint density at radius 1 is 0.842 bits per heavy atom. The summed E-state index contributed by atoms with van der Waals surface area (Å²) in [7, 11) is 0. The van der Waals surface area contributed by atoms with Gasteiger partial charge in [0, 0.05) is 21.5 Å². The lowest BCUT2D eigenvalue weighted by Crippen LogP contribution is -2.04. The molecule has 3 aromatic carbocycles. The first kappa shape index (κ1) is 11.3. The zero-order valence-corrected chi connectivity index (χ0v) is 9.83. The minimum Gasteiger partial charge on any atom is -0.507 e. The maximum Gasteiger partial charge on any atom is 0.511 e. The zero-order valence-electron chi connectivity index (χ0n) is 9.83. The molecule has 2 N–H and O–H groups in total. The Hall–Kier alpha value is -2.75. The van der Waals surface area contributed by atoms with Gasteiger partial charge in [-0.1, -0.05) is 48.5 Å². The zero-order chi connectivity index (χ0) is 13.4. The van der Waals surface area contributed by atoms with E-state index in [-0.39, 0.29) is 11.5 Å². The van der Waals surface area contributed by atoms with Crippen LogP contribution in [0.3, 0.4) is 0 Å². The third-order valence-corrected chi connectivity index (χ3v) is 3.04. The minimum absolute atomic E-state index is 0.129. The quantitative estimate of drug-likeness (QED) is 0.394. The van der Waals surface area contributed by atoms with E-state index in [1.165, 1.54) is 0 Å². The molecule has 0 saturated carbocycles. The molecule has 94 valence electrons. The number of phenolic OH excluding ortho intramolecular Hbond substituents is 1. The number of hydrogen-bond donors (Lipinski definition) is 2. The molecule has 3 aromatic rings. The predicted octanol–water partition coefficient (Wildman–Crippen LogP) is 3.76. The van der Waals surface area contributed by atoms with E-state index in [9.17, 15) is 9.90 Å². The van der Waals surface area contributed by atoms with E-state index in [0.29, 0.717) is 21.5 Å². The molecule has 19 heavy (non-hydrogen) atoms. The number of fused-ring (bicyclic) bond motifs is 2. The largest absolute Gasteiger partial charge is 0.511 e. The van der Waals surface area contributed by atoms with Crippen molar-refractivity contribution < 1.29 is 19.7 Å². The molecule has 0 saturated heterocycles. The Bertz CT molecular complexity index is 736. The second-order valence-electron chi connectivity index (χ2n) is 4.14. The highest BCUT2D eigenvalue weighted by atomic mass is 16.7. The summed E-state index contributed by atoms with van der Waals surface area (Å²) in [5.74, 6) is 0.375. The first-order valence-electron chi connectivity index (χ1n) is 5.71. The summed E-state index contributed by atoms with van der Waals surface area (Å²) in [5, 5.41) is 21.4. The monoisotopic (exact) mass is 254 g/mol. The molecular weight excluding hydrogens is 244 g/mol. The van der Waals surface area contributed by atoms with Crippen molar-refractivity contribution in [3.8, 4) is 11.5 Å². The Balaban J connectivity index is 2.52. The summed E-state index contributed by atoms with van der Waals surface area (Å²) in [5.41, 5.74) is 0. The molecule has 0 amide bonds. The topological polar surface area (TPSA) is 66.8 Å². The fourth-order valence-electron chi connectivity index (χ4n) is 2.26. The van der Waals surface area contributed by atoms with Crippen molar-refractivity contribution in [2.75, 3.05) is 0 Å².